The van der Waals surface area contributed by atoms with Crippen molar-refractivity contribution in [1.82, 2.24) is 0 Å². The Labute approximate surface area is 151 Å². The van der Waals surface area contributed by atoms with Gasteiger partial charge in [-0.2, -0.15) is 0 Å². The molecule has 4 atom stereocenters. The first-order valence-electron chi connectivity index (χ1n) is 8.27. The molecule has 0 amide bonds. The molecular weight excluding hydrogens is 352 g/mol. The van der Waals surface area contributed by atoms with E-state index in [2.05, 4.69) is 0 Å². The lowest BCUT2D eigenvalue weighted by molar-refractivity contribution is -0.267. The van der Waals surface area contributed by atoms with Gasteiger partial charge in [0, 0.05) is 27.2 Å². The number of ether oxygens (including phenoxy) is 6. The van der Waals surface area contributed by atoms with Gasteiger partial charge in [0.05, 0.1) is 26.4 Å². The van der Waals surface area contributed by atoms with Crippen LogP contribution in [0.3, 0.4) is 0 Å². The molecule has 0 radical (unpaired) electrons. The molecule has 1 N–H and O–H groups in total. The molecule has 0 aromatic heterocycles. The zero-order valence-corrected chi connectivity index (χ0v) is 15.2. The van der Waals surface area contributed by atoms with E-state index in [1.165, 1.54) is 20.8 Å². The van der Waals surface area contributed by atoms with E-state index in [4.69, 9.17) is 33.5 Å². The van der Waals surface area contributed by atoms with Crippen LogP contribution in [-0.4, -0.2) is 80.7 Å². The standard InChI is InChI=1S/C16H26O10/c1-10(18)23-9-14-16(25-12(3)20)13(24-11(2)19)8-15(26-14)22-7-6-21-5-4-17/h13-17H,4-9H2,1-3H3/t13-,14-,15-,16-/m1/s1. The minimum Gasteiger partial charge on any atom is -0.463 e. The number of esters is 3. The van der Waals surface area contributed by atoms with E-state index in [0.29, 0.717) is 0 Å². The third kappa shape index (κ3) is 8.56. The third-order valence-corrected chi connectivity index (χ3v) is 3.32. The Kier molecular flexibility index (Phi) is 10.1. The first kappa shape index (κ1) is 22.3. The Morgan fingerprint density at radius 3 is 2.27 bits per heavy atom. The topological polar surface area (TPSA) is 127 Å². The smallest absolute Gasteiger partial charge is 0.303 e. The number of aliphatic hydroxyl groups is 1. The van der Waals surface area contributed by atoms with Crippen LogP contribution in [0.2, 0.25) is 0 Å². The summed E-state index contributed by atoms with van der Waals surface area (Å²) in [5, 5.41) is 8.65. The number of aliphatic hydroxyl groups excluding tert-OH is 1. The molecule has 0 bridgehead atoms. The largest absolute Gasteiger partial charge is 0.463 e. The Balaban J connectivity index is 2.75. The van der Waals surface area contributed by atoms with E-state index in [1.807, 2.05) is 0 Å². The minimum absolute atomic E-state index is 0.0943. The maximum atomic E-state index is 11.4. The molecule has 1 aliphatic heterocycles. The van der Waals surface area contributed by atoms with E-state index in [-0.39, 0.29) is 39.5 Å². The Bertz CT molecular complexity index is 466. The predicted molar refractivity (Wildman–Crippen MR) is 84.9 cm³/mol. The summed E-state index contributed by atoms with van der Waals surface area (Å²) >= 11 is 0. The molecule has 10 heteroatoms. The third-order valence-electron chi connectivity index (χ3n) is 3.32. The van der Waals surface area contributed by atoms with Crippen molar-refractivity contribution in [2.45, 2.75) is 51.8 Å². The van der Waals surface area contributed by atoms with Crippen LogP contribution < -0.4 is 0 Å². The molecule has 1 saturated heterocycles. The van der Waals surface area contributed by atoms with Gasteiger partial charge in [-0.15, -0.1) is 0 Å². The fourth-order valence-electron chi connectivity index (χ4n) is 2.41. The normalized spacial score (nSPS) is 25.4. The highest BCUT2D eigenvalue weighted by atomic mass is 16.7. The van der Waals surface area contributed by atoms with Crippen molar-refractivity contribution in [3.05, 3.63) is 0 Å². The maximum absolute atomic E-state index is 11.4. The molecule has 1 rings (SSSR count). The first-order chi connectivity index (χ1) is 12.3. The van der Waals surface area contributed by atoms with Crippen LogP contribution in [0.15, 0.2) is 0 Å². The Hall–Kier alpha value is -1.75. The van der Waals surface area contributed by atoms with Crippen molar-refractivity contribution in [2.24, 2.45) is 0 Å². The maximum Gasteiger partial charge on any atom is 0.303 e. The molecule has 0 aromatic rings. The highest BCUT2D eigenvalue weighted by molar-refractivity contribution is 5.67. The van der Waals surface area contributed by atoms with E-state index < -0.39 is 42.5 Å². The van der Waals surface area contributed by atoms with Crippen LogP contribution in [-0.2, 0) is 42.8 Å². The molecule has 10 nitrogen and oxygen atoms in total. The number of carbonyl (C=O) groups excluding carboxylic acids is 3. The Morgan fingerprint density at radius 1 is 1.00 bits per heavy atom. The van der Waals surface area contributed by atoms with Crippen LogP contribution in [0, 0.1) is 0 Å². The van der Waals surface area contributed by atoms with Gasteiger partial charge in [0.15, 0.2) is 12.4 Å². The molecule has 26 heavy (non-hydrogen) atoms. The zero-order chi connectivity index (χ0) is 19.5. The van der Waals surface area contributed by atoms with Crippen molar-refractivity contribution >= 4 is 17.9 Å². The number of carbonyl (C=O) groups is 3. The lowest BCUT2D eigenvalue weighted by Crippen LogP contribution is -2.54. The van der Waals surface area contributed by atoms with Crippen molar-refractivity contribution < 1.29 is 47.9 Å². The number of hydrogen-bond donors (Lipinski definition) is 1. The molecule has 1 aliphatic rings. The van der Waals surface area contributed by atoms with Gasteiger partial charge >= 0.3 is 17.9 Å². The van der Waals surface area contributed by atoms with Crippen LogP contribution in [0.4, 0.5) is 0 Å². The average Bonchev–Trinajstić information content (AvgIpc) is 2.54. The summed E-state index contributed by atoms with van der Waals surface area (Å²) in [4.78, 5) is 33.9. The van der Waals surface area contributed by atoms with Gasteiger partial charge in [-0.25, -0.2) is 0 Å². The van der Waals surface area contributed by atoms with Crippen molar-refractivity contribution in [1.29, 1.82) is 0 Å². The second-order valence-corrected chi connectivity index (χ2v) is 5.57. The zero-order valence-electron chi connectivity index (χ0n) is 15.2. The molecule has 1 fully saturated rings. The minimum atomic E-state index is -0.929. The second-order valence-electron chi connectivity index (χ2n) is 5.57. The van der Waals surface area contributed by atoms with Gasteiger partial charge in [-0.3, -0.25) is 14.4 Å². The van der Waals surface area contributed by atoms with E-state index in [9.17, 15) is 14.4 Å². The number of hydrogen-bond acceptors (Lipinski definition) is 10. The Morgan fingerprint density at radius 2 is 1.69 bits per heavy atom. The fraction of sp³-hybridized carbons (Fsp3) is 0.812. The van der Waals surface area contributed by atoms with Crippen LogP contribution in [0.5, 0.6) is 0 Å². The van der Waals surface area contributed by atoms with Crippen LogP contribution in [0.25, 0.3) is 0 Å². The van der Waals surface area contributed by atoms with Gasteiger partial charge in [0.25, 0.3) is 0 Å². The first-order valence-corrected chi connectivity index (χ1v) is 8.27. The highest BCUT2D eigenvalue weighted by Gasteiger charge is 2.44. The van der Waals surface area contributed by atoms with Gasteiger partial charge < -0.3 is 33.5 Å². The summed E-state index contributed by atoms with van der Waals surface area (Å²) in [5.74, 6) is -1.66. The summed E-state index contributed by atoms with van der Waals surface area (Å²) < 4.78 is 31.7. The molecular formula is C16H26O10. The quantitative estimate of drug-likeness (QED) is 0.303. The van der Waals surface area contributed by atoms with Gasteiger partial charge in [-0.1, -0.05) is 0 Å². The summed E-state index contributed by atoms with van der Waals surface area (Å²) in [6.45, 7) is 4.01. The molecule has 0 unspecified atom stereocenters. The van der Waals surface area contributed by atoms with Crippen molar-refractivity contribution in [3.8, 4) is 0 Å². The number of rotatable bonds is 10. The summed E-state index contributed by atoms with van der Waals surface area (Å²) in [6.07, 6.45) is -3.24. The van der Waals surface area contributed by atoms with Gasteiger partial charge in [-0.05, 0) is 0 Å². The summed E-state index contributed by atoms with van der Waals surface area (Å²) in [5.41, 5.74) is 0. The molecule has 0 spiro atoms. The lowest BCUT2D eigenvalue weighted by Gasteiger charge is -2.39. The van der Waals surface area contributed by atoms with Gasteiger partial charge in [0.1, 0.15) is 18.8 Å². The van der Waals surface area contributed by atoms with E-state index in [0.717, 1.165) is 0 Å². The van der Waals surface area contributed by atoms with Gasteiger partial charge in [0.2, 0.25) is 0 Å². The molecule has 1 heterocycles. The predicted octanol–water partition coefficient (Wildman–Crippen LogP) is -0.447. The molecule has 0 saturated carbocycles. The van der Waals surface area contributed by atoms with E-state index in [1.54, 1.807) is 0 Å². The molecule has 0 aromatic carbocycles. The monoisotopic (exact) mass is 378 g/mol. The lowest BCUT2D eigenvalue weighted by atomic mass is 10.0. The van der Waals surface area contributed by atoms with Crippen LogP contribution >= 0.6 is 0 Å². The fourth-order valence-corrected chi connectivity index (χ4v) is 2.41. The molecule has 150 valence electrons. The summed E-state index contributed by atoms with van der Waals surface area (Å²) in [6, 6.07) is 0. The average molecular weight is 378 g/mol. The summed E-state index contributed by atoms with van der Waals surface area (Å²) in [7, 11) is 0. The molecule has 0 aliphatic carbocycles. The second kappa shape index (κ2) is 11.8. The van der Waals surface area contributed by atoms with Crippen molar-refractivity contribution in [2.75, 3.05) is 33.0 Å². The van der Waals surface area contributed by atoms with E-state index >= 15 is 0 Å². The van der Waals surface area contributed by atoms with Crippen molar-refractivity contribution in [3.63, 3.8) is 0 Å². The highest BCUT2D eigenvalue weighted by Crippen LogP contribution is 2.27. The SMILES string of the molecule is CC(=O)OC[C@H]1O[C@@H](OCCOCCO)C[C@@H](OC(C)=O)[C@H]1OC(C)=O. The van der Waals surface area contributed by atoms with Crippen LogP contribution in [0.1, 0.15) is 27.2 Å².